The van der Waals surface area contributed by atoms with Gasteiger partial charge in [0.25, 0.3) is 0 Å². The van der Waals surface area contributed by atoms with E-state index in [9.17, 15) is 5.11 Å². The molecule has 3 heteroatoms. The standard InChI is InChI=1S/C17H19NO2/c1-18-15-6-4-3-5-14(15)17(19)11-16(18)12-7-9-13(20-2)10-8-12/h3-10,16-17,19H,11H2,1-2H3/t16-,17-/m0/s1. The van der Waals surface area contributed by atoms with Crippen LogP contribution in [0.25, 0.3) is 0 Å². The predicted molar refractivity (Wildman–Crippen MR) is 80.2 cm³/mol. The molecule has 0 fully saturated rings. The summed E-state index contributed by atoms with van der Waals surface area (Å²) in [5, 5.41) is 10.4. The number of anilines is 1. The highest BCUT2D eigenvalue weighted by Crippen LogP contribution is 2.42. The summed E-state index contributed by atoms with van der Waals surface area (Å²) < 4.78 is 5.20. The largest absolute Gasteiger partial charge is 0.497 e. The monoisotopic (exact) mass is 269 g/mol. The highest BCUT2D eigenvalue weighted by atomic mass is 16.5. The van der Waals surface area contributed by atoms with Crippen molar-refractivity contribution < 1.29 is 9.84 Å². The number of methoxy groups -OCH3 is 1. The first kappa shape index (κ1) is 13.0. The summed E-state index contributed by atoms with van der Waals surface area (Å²) in [5.41, 5.74) is 3.31. The minimum atomic E-state index is -0.408. The quantitative estimate of drug-likeness (QED) is 0.908. The van der Waals surface area contributed by atoms with Crippen molar-refractivity contribution in [2.24, 2.45) is 0 Å². The molecule has 0 aromatic heterocycles. The lowest BCUT2D eigenvalue weighted by molar-refractivity contribution is 0.150. The number of aliphatic hydroxyl groups is 1. The molecule has 0 aliphatic carbocycles. The SMILES string of the molecule is COc1ccc([C@@H]2C[C@H](O)c3ccccc3N2C)cc1. The lowest BCUT2D eigenvalue weighted by Crippen LogP contribution is -2.31. The summed E-state index contributed by atoms with van der Waals surface area (Å²) in [6, 6.07) is 16.3. The van der Waals surface area contributed by atoms with Crippen LogP contribution in [0.4, 0.5) is 5.69 Å². The summed E-state index contributed by atoms with van der Waals surface area (Å²) in [6.45, 7) is 0. The first-order chi connectivity index (χ1) is 9.70. The number of aliphatic hydroxyl groups excluding tert-OH is 1. The summed E-state index contributed by atoms with van der Waals surface area (Å²) in [7, 11) is 3.75. The zero-order valence-electron chi connectivity index (χ0n) is 11.8. The van der Waals surface area contributed by atoms with Crippen LogP contribution < -0.4 is 9.64 Å². The van der Waals surface area contributed by atoms with Gasteiger partial charge < -0.3 is 14.7 Å². The number of para-hydroxylation sites is 1. The smallest absolute Gasteiger partial charge is 0.118 e. The summed E-state index contributed by atoms with van der Waals surface area (Å²) >= 11 is 0. The van der Waals surface area contributed by atoms with Gasteiger partial charge in [0.05, 0.1) is 19.3 Å². The third kappa shape index (κ3) is 2.14. The van der Waals surface area contributed by atoms with Gasteiger partial charge in [-0.1, -0.05) is 30.3 Å². The van der Waals surface area contributed by atoms with E-state index in [0.29, 0.717) is 6.42 Å². The third-order valence-corrected chi connectivity index (χ3v) is 4.09. The first-order valence-corrected chi connectivity index (χ1v) is 6.84. The van der Waals surface area contributed by atoms with Gasteiger partial charge in [0, 0.05) is 24.7 Å². The second-order valence-electron chi connectivity index (χ2n) is 5.21. The Morgan fingerprint density at radius 1 is 1.10 bits per heavy atom. The zero-order valence-corrected chi connectivity index (χ0v) is 11.8. The van der Waals surface area contributed by atoms with E-state index in [-0.39, 0.29) is 6.04 Å². The molecule has 0 unspecified atom stereocenters. The van der Waals surface area contributed by atoms with Crippen LogP contribution in [0, 0.1) is 0 Å². The van der Waals surface area contributed by atoms with Crippen LogP contribution >= 0.6 is 0 Å². The molecule has 1 aliphatic heterocycles. The van der Waals surface area contributed by atoms with Gasteiger partial charge >= 0.3 is 0 Å². The number of fused-ring (bicyclic) bond motifs is 1. The minimum absolute atomic E-state index is 0.186. The molecular weight excluding hydrogens is 250 g/mol. The maximum Gasteiger partial charge on any atom is 0.118 e. The van der Waals surface area contributed by atoms with Crippen LogP contribution in [0.1, 0.15) is 29.7 Å². The molecule has 0 bridgehead atoms. The molecule has 2 aromatic rings. The molecular formula is C17H19NO2. The number of hydrogen-bond acceptors (Lipinski definition) is 3. The van der Waals surface area contributed by atoms with Crippen molar-refractivity contribution in [3.63, 3.8) is 0 Å². The number of rotatable bonds is 2. The summed E-state index contributed by atoms with van der Waals surface area (Å²) in [4.78, 5) is 2.24. The van der Waals surface area contributed by atoms with E-state index in [4.69, 9.17) is 4.74 Å². The molecule has 0 radical (unpaired) electrons. The zero-order chi connectivity index (χ0) is 14.1. The minimum Gasteiger partial charge on any atom is -0.497 e. The second kappa shape index (κ2) is 5.17. The van der Waals surface area contributed by atoms with Crippen LogP contribution in [0.5, 0.6) is 5.75 Å². The highest BCUT2D eigenvalue weighted by molar-refractivity contribution is 5.58. The lowest BCUT2D eigenvalue weighted by Gasteiger charge is -2.38. The topological polar surface area (TPSA) is 32.7 Å². The average molecular weight is 269 g/mol. The van der Waals surface area contributed by atoms with Crippen molar-refractivity contribution >= 4 is 5.69 Å². The number of ether oxygens (including phenoxy) is 1. The Morgan fingerprint density at radius 3 is 2.50 bits per heavy atom. The van der Waals surface area contributed by atoms with E-state index in [1.54, 1.807) is 7.11 Å². The van der Waals surface area contributed by atoms with Gasteiger partial charge in [0.15, 0.2) is 0 Å². The van der Waals surface area contributed by atoms with Crippen LogP contribution in [-0.2, 0) is 0 Å². The van der Waals surface area contributed by atoms with E-state index in [2.05, 4.69) is 30.1 Å². The Balaban J connectivity index is 1.95. The van der Waals surface area contributed by atoms with Crippen molar-refractivity contribution in [3.05, 3.63) is 59.7 Å². The molecule has 1 N–H and O–H groups in total. The van der Waals surface area contributed by atoms with Gasteiger partial charge in [-0.2, -0.15) is 0 Å². The molecule has 3 nitrogen and oxygen atoms in total. The Kier molecular flexibility index (Phi) is 3.36. The lowest BCUT2D eigenvalue weighted by atomic mass is 9.89. The molecule has 0 amide bonds. The Morgan fingerprint density at radius 2 is 1.80 bits per heavy atom. The second-order valence-corrected chi connectivity index (χ2v) is 5.21. The van der Waals surface area contributed by atoms with Crippen molar-refractivity contribution in [3.8, 4) is 5.75 Å². The number of benzene rings is 2. The fraction of sp³-hybridized carbons (Fsp3) is 0.294. The Bertz CT molecular complexity index is 594. The van der Waals surface area contributed by atoms with Gasteiger partial charge in [-0.25, -0.2) is 0 Å². The van der Waals surface area contributed by atoms with Gasteiger partial charge in [-0.3, -0.25) is 0 Å². The number of hydrogen-bond donors (Lipinski definition) is 1. The fourth-order valence-corrected chi connectivity index (χ4v) is 2.94. The maximum atomic E-state index is 10.4. The van der Waals surface area contributed by atoms with Crippen LogP contribution in [-0.4, -0.2) is 19.3 Å². The van der Waals surface area contributed by atoms with Crippen LogP contribution in [0.2, 0.25) is 0 Å². The molecule has 0 saturated carbocycles. The highest BCUT2D eigenvalue weighted by Gasteiger charge is 2.29. The Hall–Kier alpha value is -2.00. The molecule has 1 aliphatic rings. The summed E-state index contributed by atoms with van der Waals surface area (Å²) in [6.07, 6.45) is 0.300. The van der Waals surface area contributed by atoms with E-state index >= 15 is 0 Å². The van der Waals surface area contributed by atoms with E-state index in [1.807, 2.05) is 30.3 Å². The molecule has 2 atom stereocenters. The van der Waals surface area contributed by atoms with Gasteiger partial charge in [-0.05, 0) is 23.8 Å². The average Bonchev–Trinajstić information content (AvgIpc) is 2.51. The van der Waals surface area contributed by atoms with Crippen LogP contribution in [0.15, 0.2) is 48.5 Å². The molecule has 20 heavy (non-hydrogen) atoms. The van der Waals surface area contributed by atoms with Gasteiger partial charge in [-0.15, -0.1) is 0 Å². The summed E-state index contributed by atoms with van der Waals surface area (Å²) in [5.74, 6) is 0.855. The van der Waals surface area contributed by atoms with Crippen molar-refractivity contribution in [1.29, 1.82) is 0 Å². The van der Waals surface area contributed by atoms with Crippen LogP contribution in [0.3, 0.4) is 0 Å². The van der Waals surface area contributed by atoms with E-state index < -0.39 is 6.10 Å². The molecule has 104 valence electrons. The first-order valence-electron chi connectivity index (χ1n) is 6.84. The van der Waals surface area contributed by atoms with Crippen molar-refractivity contribution in [2.75, 3.05) is 19.1 Å². The maximum absolute atomic E-state index is 10.4. The molecule has 3 rings (SSSR count). The third-order valence-electron chi connectivity index (χ3n) is 4.09. The molecule has 0 spiro atoms. The molecule has 1 heterocycles. The number of nitrogens with zero attached hydrogens (tertiary/aromatic N) is 1. The van der Waals surface area contributed by atoms with Crippen molar-refractivity contribution in [2.45, 2.75) is 18.6 Å². The molecule has 2 aromatic carbocycles. The van der Waals surface area contributed by atoms with Crippen molar-refractivity contribution in [1.82, 2.24) is 0 Å². The fourth-order valence-electron chi connectivity index (χ4n) is 2.94. The molecule has 0 saturated heterocycles. The van der Waals surface area contributed by atoms with Gasteiger partial charge in [0.1, 0.15) is 5.75 Å². The normalized spacial score (nSPS) is 21.4. The van der Waals surface area contributed by atoms with E-state index in [1.165, 1.54) is 5.56 Å². The predicted octanol–water partition coefficient (Wildman–Crippen LogP) is 3.31. The van der Waals surface area contributed by atoms with Gasteiger partial charge in [0.2, 0.25) is 0 Å². The van der Waals surface area contributed by atoms with E-state index in [0.717, 1.165) is 17.0 Å². The Labute approximate surface area is 119 Å².